The smallest absolute Gasteiger partial charge is 0.0939 e. The van der Waals surface area contributed by atoms with Gasteiger partial charge in [-0.05, 0) is 11.5 Å². The molecule has 1 aliphatic rings. The molecule has 0 fully saturated rings. The van der Waals surface area contributed by atoms with Crippen LogP contribution in [0.1, 0.15) is 0 Å². The van der Waals surface area contributed by atoms with Gasteiger partial charge in [0.1, 0.15) is 0 Å². The third-order valence-electron chi connectivity index (χ3n) is 2.95. The number of benzene rings is 2. The minimum absolute atomic E-state index is 0.925. The second-order valence-electron chi connectivity index (χ2n) is 4.16. The summed E-state index contributed by atoms with van der Waals surface area (Å²) in [6, 6.07) is 14.9. The van der Waals surface area contributed by atoms with E-state index < -0.39 is 0 Å². The molecule has 0 saturated heterocycles. The molecule has 0 aromatic heterocycles. The van der Waals surface area contributed by atoms with Crippen LogP contribution in [0.4, 0.5) is 5.69 Å². The van der Waals surface area contributed by atoms with Gasteiger partial charge >= 0.3 is 0 Å². The first-order valence-electron chi connectivity index (χ1n) is 5.47. The van der Waals surface area contributed by atoms with Gasteiger partial charge in [0.25, 0.3) is 0 Å². The Balaban J connectivity index is 2.13. The first-order chi connectivity index (χ1) is 7.84. The van der Waals surface area contributed by atoms with Crippen LogP contribution >= 0.6 is 0 Å². The highest BCUT2D eigenvalue weighted by atomic mass is 15.3. The zero-order chi connectivity index (χ0) is 11.0. The highest BCUT2D eigenvalue weighted by Gasteiger charge is 2.12. The maximum Gasteiger partial charge on any atom is 0.0939 e. The summed E-state index contributed by atoms with van der Waals surface area (Å²) in [6.45, 7) is 0.925. The van der Waals surface area contributed by atoms with Crippen LogP contribution in [-0.4, -0.2) is 18.6 Å². The number of hydrogen-bond donors (Lipinski definition) is 0. The zero-order valence-corrected chi connectivity index (χ0v) is 9.30. The molecule has 1 heterocycles. The molecule has 0 unspecified atom stereocenters. The number of anilines is 1. The summed E-state index contributed by atoms with van der Waals surface area (Å²) in [5.74, 6) is 0. The van der Waals surface area contributed by atoms with Gasteiger partial charge in [0.15, 0.2) is 0 Å². The van der Waals surface area contributed by atoms with Gasteiger partial charge in [0.2, 0.25) is 0 Å². The van der Waals surface area contributed by atoms with Crippen LogP contribution in [-0.2, 0) is 0 Å². The van der Waals surface area contributed by atoms with Crippen LogP contribution in [0.15, 0.2) is 54.9 Å². The molecule has 0 aliphatic carbocycles. The van der Waals surface area contributed by atoms with Crippen LogP contribution in [0.3, 0.4) is 0 Å². The Morgan fingerprint density at radius 2 is 1.75 bits per heavy atom. The van der Waals surface area contributed by atoms with Crippen LogP contribution in [0.5, 0.6) is 0 Å². The Morgan fingerprint density at radius 3 is 2.56 bits per heavy atom. The van der Waals surface area contributed by atoms with Crippen molar-refractivity contribution >= 4 is 16.5 Å². The third-order valence-corrected chi connectivity index (χ3v) is 2.95. The highest BCUT2D eigenvalue weighted by molar-refractivity contribution is 5.94. The summed E-state index contributed by atoms with van der Waals surface area (Å²) in [6.07, 6.45) is 4.23. The average Bonchev–Trinajstić information content (AvgIpc) is 2.75. The molecule has 1 aliphatic heterocycles. The maximum atomic E-state index is 2.27. The molecule has 80 valence electrons. The van der Waals surface area contributed by atoms with E-state index in [9.17, 15) is 0 Å². The van der Waals surface area contributed by atoms with Gasteiger partial charge in [-0.3, -0.25) is 0 Å². The summed E-state index contributed by atoms with van der Waals surface area (Å²) in [4.78, 5) is 4.43. The van der Waals surface area contributed by atoms with Gasteiger partial charge in [0.05, 0.1) is 12.4 Å². The fraction of sp³-hybridized carbons (Fsp3) is 0.143. The van der Waals surface area contributed by atoms with Gasteiger partial charge in [-0.1, -0.05) is 36.4 Å². The molecule has 0 bridgehead atoms. The number of fused-ring (bicyclic) bond motifs is 1. The van der Waals surface area contributed by atoms with E-state index in [0.717, 1.165) is 6.67 Å². The summed E-state index contributed by atoms with van der Waals surface area (Å²) >= 11 is 0. The molecule has 0 saturated carbocycles. The predicted octanol–water partition coefficient (Wildman–Crippen LogP) is 3.02. The van der Waals surface area contributed by atoms with E-state index in [0.29, 0.717) is 0 Å². The zero-order valence-electron chi connectivity index (χ0n) is 9.30. The Kier molecular flexibility index (Phi) is 2.07. The summed E-state index contributed by atoms with van der Waals surface area (Å²) in [7, 11) is 2.08. The Morgan fingerprint density at radius 1 is 0.938 bits per heavy atom. The number of nitrogens with zero attached hydrogens (tertiary/aromatic N) is 2. The fourth-order valence-electron chi connectivity index (χ4n) is 2.14. The van der Waals surface area contributed by atoms with Crippen molar-refractivity contribution in [3.05, 3.63) is 54.9 Å². The molecular formula is C14H14N2. The standard InChI is InChI=1S/C14H14N2/c1-15-9-10-16(11-15)14-8-4-6-12-5-2-3-7-13(12)14/h2-10H,11H2,1H3. The van der Waals surface area contributed by atoms with E-state index in [-0.39, 0.29) is 0 Å². The normalized spacial score (nSPS) is 15.1. The van der Waals surface area contributed by atoms with Crippen molar-refractivity contribution in [1.29, 1.82) is 0 Å². The summed E-state index contributed by atoms with van der Waals surface area (Å²) in [5.41, 5.74) is 1.28. The van der Waals surface area contributed by atoms with Gasteiger partial charge in [-0.25, -0.2) is 0 Å². The predicted molar refractivity (Wildman–Crippen MR) is 68.2 cm³/mol. The largest absolute Gasteiger partial charge is 0.361 e. The van der Waals surface area contributed by atoms with E-state index in [2.05, 4.69) is 71.7 Å². The van der Waals surface area contributed by atoms with E-state index in [1.807, 2.05) is 0 Å². The van der Waals surface area contributed by atoms with Crippen LogP contribution in [0, 0.1) is 0 Å². The van der Waals surface area contributed by atoms with Crippen molar-refractivity contribution in [2.24, 2.45) is 0 Å². The van der Waals surface area contributed by atoms with Gasteiger partial charge < -0.3 is 9.80 Å². The number of hydrogen-bond acceptors (Lipinski definition) is 2. The summed E-state index contributed by atoms with van der Waals surface area (Å²) in [5, 5.41) is 2.60. The van der Waals surface area contributed by atoms with Crippen molar-refractivity contribution in [2.45, 2.75) is 0 Å². The summed E-state index contributed by atoms with van der Waals surface area (Å²) < 4.78 is 0. The van der Waals surface area contributed by atoms with Crippen LogP contribution in [0.25, 0.3) is 10.8 Å². The molecule has 0 amide bonds. The molecule has 2 aromatic carbocycles. The second kappa shape index (κ2) is 3.56. The van der Waals surface area contributed by atoms with Crippen molar-refractivity contribution in [3.8, 4) is 0 Å². The topological polar surface area (TPSA) is 6.48 Å². The second-order valence-corrected chi connectivity index (χ2v) is 4.16. The van der Waals surface area contributed by atoms with Crippen molar-refractivity contribution < 1.29 is 0 Å². The van der Waals surface area contributed by atoms with E-state index in [4.69, 9.17) is 0 Å². The molecular weight excluding hydrogens is 196 g/mol. The average molecular weight is 210 g/mol. The minimum atomic E-state index is 0.925. The first kappa shape index (κ1) is 9.28. The van der Waals surface area contributed by atoms with Crippen LogP contribution in [0.2, 0.25) is 0 Å². The van der Waals surface area contributed by atoms with Crippen molar-refractivity contribution in [1.82, 2.24) is 4.90 Å². The molecule has 16 heavy (non-hydrogen) atoms. The molecule has 0 radical (unpaired) electrons. The fourth-order valence-corrected chi connectivity index (χ4v) is 2.14. The lowest BCUT2D eigenvalue weighted by Crippen LogP contribution is -2.21. The Hall–Kier alpha value is -1.96. The highest BCUT2D eigenvalue weighted by Crippen LogP contribution is 2.28. The minimum Gasteiger partial charge on any atom is -0.361 e. The Labute approximate surface area is 95.4 Å². The van der Waals surface area contributed by atoms with E-state index in [1.165, 1.54) is 16.5 Å². The lowest BCUT2D eigenvalue weighted by molar-refractivity contribution is 0.496. The third kappa shape index (κ3) is 1.43. The van der Waals surface area contributed by atoms with Crippen LogP contribution < -0.4 is 4.90 Å². The quantitative estimate of drug-likeness (QED) is 0.714. The molecule has 3 rings (SSSR count). The SMILES string of the molecule is CN1C=CN(c2cccc3ccccc23)C1. The van der Waals surface area contributed by atoms with Gasteiger partial charge in [-0.2, -0.15) is 0 Å². The van der Waals surface area contributed by atoms with E-state index >= 15 is 0 Å². The first-order valence-corrected chi connectivity index (χ1v) is 5.47. The lowest BCUT2D eigenvalue weighted by atomic mass is 10.1. The maximum absolute atomic E-state index is 2.27. The molecule has 2 aromatic rings. The van der Waals surface area contributed by atoms with Crippen molar-refractivity contribution in [2.75, 3.05) is 18.6 Å². The Bertz CT molecular complexity index is 540. The molecule has 0 N–H and O–H groups in total. The van der Waals surface area contributed by atoms with Gasteiger partial charge in [0, 0.05) is 24.8 Å². The number of rotatable bonds is 1. The molecule has 2 nitrogen and oxygen atoms in total. The molecule has 2 heteroatoms. The van der Waals surface area contributed by atoms with Crippen molar-refractivity contribution in [3.63, 3.8) is 0 Å². The lowest BCUT2D eigenvalue weighted by Gasteiger charge is -2.20. The molecule has 0 atom stereocenters. The van der Waals surface area contributed by atoms with Gasteiger partial charge in [-0.15, -0.1) is 0 Å². The monoisotopic (exact) mass is 210 g/mol. The van der Waals surface area contributed by atoms with E-state index in [1.54, 1.807) is 0 Å². The molecule has 0 spiro atoms.